The Hall–Kier alpha value is -0.850. The molecule has 4 nitrogen and oxygen atoms in total. The van der Waals surface area contributed by atoms with Gasteiger partial charge in [0.25, 0.3) is 0 Å². The highest BCUT2D eigenvalue weighted by Gasteiger charge is 2.16. The first kappa shape index (κ1) is 15.1. The molecule has 1 N–H and O–H groups in total. The van der Waals surface area contributed by atoms with Crippen molar-refractivity contribution in [2.24, 2.45) is 0 Å². The van der Waals surface area contributed by atoms with Gasteiger partial charge in [0.05, 0.1) is 0 Å². The van der Waals surface area contributed by atoms with Gasteiger partial charge in [-0.1, -0.05) is 28.4 Å². The third kappa shape index (κ3) is 3.49. The van der Waals surface area contributed by atoms with Crippen molar-refractivity contribution in [3.63, 3.8) is 0 Å². The molecule has 0 saturated heterocycles. The average Bonchev–Trinajstić information content (AvgIpc) is 2.71. The van der Waals surface area contributed by atoms with Crippen molar-refractivity contribution < 1.29 is 0 Å². The summed E-state index contributed by atoms with van der Waals surface area (Å²) in [5, 5.41) is 13.0. The Labute approximate surface area is 137 Å². The van der Waals surface area contributed by atoms with Crippen LogP contribution in [-0.2, 0) is 19.5 Å². The van der Waals surface area contributed by atoms with Gasteiger partial charge in [-0.05, 0) is 49.3 Å². The van der Waals surface area contributed by atoms with E-state index in [1.165, 1.54) is 29.7 Å². The summed E-state index contributed by atoms with van der Waals surface area (Å²) < 4.78 is 3.39. The number of aromatic nitrogens is 3. The summed E-state index contributed by atoms with van der Waals surface area (Å²) in [7, 11) is 1.97. The lowest BCUT2D eigenvalue weighted by Crippen LogP contribution is -2.07. The first-order valence-corrected chi connectivity index (χ1v) is 8.92. The maximum absolute atomic E-state index is 4.41. The third-order valence-corrected chi connectivity index (χ3v) is 5.25. The van der Waals surface area contributed by atoms with Gasteiger partial charge >= 0.3 is 0 Å². The largest absolute Gasteiger partial charge is 0.316 e. The van der Waals surface area contributed by atoms with E-state index < -0.39 is 0 Å². The fourth-order valence-electron chi connectivity index (χ4n) is 2.59. The van der Waals surface area contributed by atoms with Crippen LogP contribution in [0, 0.1) is 0 Å². The number of benzene rings is 1. The molecule has 112 valence electrons. The predicted octanol–water partition coefficient (Wildman–Crippen LogP) is 3.64. The molecular weight excluding hydrogens is 348 g/mol. The molecule has 0 aliphatic carbocycles. The smallest absolute Gasteiger partial charge is 0.196 e. The van der Waals surface area contributed by atoms with Gasteiger partial charge in [-0.15, -0.1) is 10.2 Å². The number of nitrogens with one attached hydrogen (secondary N) is 1. The van der Waals surface area contributed by atoms with E-state index in [-0.39, 0.29) is 0 Å². The van der Waals surface area contributed by atoms with E-state index in [1.807, 2.05) is 7.05 Å². The minimum Gasteiger partial charge on any atom is -0.316 e. The molecule has 21 heavy (non-hydrogen) atoms. The Balaban J connectivity index is 1.90. The lowest BCUT2D eigenvalue weighted by molar-refractivity contribution is 0.591. The maximum atomic E-state index is 4.41. The Morgan fingerprint density at radius 1 is 1.29 bits per heavy atom. The quantitative estimate of drug-likeness (QED) is 0.896. The van der Waals surface area contributed by atoms with E-state index in [0.717, 1.165) is 35.0 Å². The van der Waals surface area contributed by atoms with Crippen LogP contribution < -0.4 is 5.32 Å². The molecule has 2 aromatic rings. The maximum Gasteiger partial charge on any atom is 0.196 e. The molecule has 0 radical (unpaired) electrons. The number of halogens is 1. The molecule has 2 heterocycles. The van der Waals surface area contributed by atoms with Crippen molar-refractivity contribution >= 4 is 27.7 Å². The summed E-state index contributed by atoms with van der Waals surface area (Å²) in [6.07, 6.45) is 4.79. The van der Waals surface area contributed by atoms with Crippen LogP contribution >= 0.6 is 27.7 Å². The van der Waals surface area contributed by atoms with Gasteiger partial charge in [0.2, 0.25) is 0 Å². The molecule has 1 aliphatic heterocycles. The molecule has 0 fully saturated rings. The SMILES string of the molecule is CNCc1ccc(Br)cc1Sc1nnc2n1CCCCC2. The van der Waals surface area contributed by atoms with Crippen LogP contribution in [0.1, 0.15) is 30.7 Å². The summed E-state index contributed by atoms with van der Waals surface area (Å²) in [5.41, 5.74) is 1.29. The number of rotatable bonds is 4. The van der Waals surface area contributed by atoms with Gasteiger partial charge in [0.15, 0.2) is 5.16 Å². The van der Waals surface area contributed by atoms with E-state index in [0.29, 0.717) is 0 Å². The lowest BCUT2D eigenvalue weighted by Gasteiger charge is -2.10. The number of nitrogens with zero attached hydrogens (tertiary/aromatic N) is 3. The summed E-state index contributed by atoms with van der Waals surface area (Å²) in [5.74, 6) is 1.14. The van der Waals surface area contributed by atoms with E-state index in [9.17, 15) is 0 Å². The molecule has 1 aromatic heterocycles. The van der Waals surface area contributed by atoms with Gasteiger partial charge in [-0.2, -0.15) is 0 Å². The number of aryl methyl sites for hydroxylation is 1. The van der Waals surface area contributed by atoms with E-state index >= 15 is 0 Å². The van der Waals surface area contributed by atoms with Crippen LogP contribution in [0.3, 0.4) is 0 Å². The van der Waals surface area contributed by atoms with Crippen LogP contribution in [0.15, 0.2) is 32.7 Å². The molecule has 1 aliphatic rings. The molecule has 0 bridgehead atoms. The topological polar surface area (TPSA) is 42.7 Å². The monoisotopic (exact) mass is 366 g/mol. The normalized spacial score (nSPS) is 14.8. The standard InChI is InChI=1S/C15H19BrN4S/c1-17-10-11-6-7-12(16)9-13(11)21-15-19-18-14-5-3-2-4-8-20(14)15/h6-7,9,17H,2-5,8,10H2,1H3. The summed E-state index contributed by atoms with van der Waals surface area (Å²) >= 11 is 5.28. The van der Waals surface area contributed by atoms with Gasteiger partial charge < -0.3 is 9.88 Å². The second kappa shape index (κ2) is 6.94. The molecule has 0 amide bonds. The number of hydrogen-bond donors (Lipinski definition) is 1. The predicted molar refractivity (Wildman–Crippen MR) is 88.6 cm³/mol. The van der Waals surface area contributed by atoms with Crippen molar-refractivity contribution in [2.45, 2.75) is 48.8 Å². The minimum atomic E-state index is 0.858. The molecule has 0 unspecified atom stereocenters. The molecule has 0 saturated carbocycles. The highest BCUT2D eigenvalue weighted by Crippen LogP contribution is 2.33. The Kier molecular flexibility index (Phi) is 4.98. The molecule has 0 spiro atoms. The van der Waals surface area contributed by atoms with Crippen LogP contribution in [0.25, 0.3) is 0 Å². The summed E-state index contributed by atoms with van der Waals surface area (Å²) in [4.78, 5) is 1.23. The first-order valence-electron chi connectivity index (χ1n) is 7.31. The third-order valence-electron chi connectivity index (χ3n) is 3.67. The summed E-state index contributed by atoms with van der Waals surface area (Å²) in [6.45, 7) is 1.90. The Morgan fingerprint density at radius 3 is 3.05 bits per heavy atom. The van der Waals surface area contributed by atoms with Crippen molar-refractivity contribution in [1.29, 1.82) is 0 Å². The van der Waals surface area contributed by atoms with Crippen molar-refractivity contribution in [3.05, 3.63) is 34.1 Å². The summed E-state index contributed by atoms with van der Waals surface area (Å²) in [6, 6.07) is 6.40. The fraction of sp³-hybridized carbons (Fsp3) is 0.467. The van der Waals surface area contributed by atoms with Crippen LogP contribution in [0.4, 0.5) is 0 Å². The van der Waals surface area contributed by atoms with Gasteiger partial charge in [0, 0.05) is 28.9 Å². The molecular formula is C15H19BrN4S. The van der Waals surface area contributed by atoms with E-state index in [1.54, 1.807) is 11.8 Å². The second-order valence-corrected chi connectivity index (χ2v) is 7.17. The highest BCUT2D eigenvalue weighted by atomic mass is 79.9. The zero-order chi connectivity index (χ0) is 14.7. The number of fused-ring (bicyclic) bond motifs is 1. The van der Waals surface area contributed by atoms with Crippen LogP contribution in [0.2, 0.25) is 0 Å². The fourth-order valence-corrected chi connectivity index (χ4v) is 4.15. The van der Waals surface area contributed by atoms with E-state index in [4.69, 9.17) is 0 Å². The first-order chi connectivity index (χ1) is 10.3. The minimum absolute atomic E-state index is 0.858. The second-order valence-electron chi connectivity index (χ2n) is 5.25. The van der Waals surface area contributed by atoms with Gasteiger partial charge in [0.1, 0.15) is 5.82 Å². The van der Waals surface area contributed by atoms with Crippen molar-refractivity contribution in [2.75, 3.05) is 7.05 Å². The lowest BCUT2D eigenvalue weighted by atomic mass is 10.2. The molecule has 3 rings (SSSR count). The van der Waals surface area contributed by atoms with Crippen LogP contribution in [0.5, 0.6) is 0 Å². The zero-order valence-electron chi connectivity index (χ0n) is 12.1. The average molecular weight is 367 g/mol. The zero-order valence-corrected chi connectivity index (χ0v) is 14.5. The Bertz CT molecular complexity index is 626. The van der Waals surface area contributed by atoms with Gasteiger partial charge in [-0.3, -0.25) is 0 Å². The number of hydrogen-bond acceptors (Lipinski definition) is 4. The Morgan fingerprint density at radius 2 is 2.19 bits per heavy atom. The van der Waals surface area contributed by atoms with Crippen molar-refractivity contribution in [1.82, 2.24) is 20.1 Å². The molecule has 6 heteroatoms. The van der Waals surface area contributed by atoms with E-state index in [2.05, 4.69) is 54.2 Å². The highest BCUT2D eigenvalue weighted by molar-refractivity contribution is 9.10. The molecule has 0 atom stereocenters. The molecule has 1 aromatic carbocycles. The van der Waals surface area contributed by atoms with Crippen molar-refractivity contribution in [3.8, 4) is 0 Å². The van der Waals surface area contributed by atoms with Gasteiger partial charge in [-0.25, -0.2) is 0 Å². The van der Waals surface area contributed by atoms with Crippen LogP contribution in [-0.4, -0.2) is 21.8 Å².